The van der Waals surface area contributed by atoms with E-state index in [4.69, 9.17) is 4.18 Å². The highest BCUT2D eigenvalue weighted by Gasteiger charge is 2.20. The van der Waals surface area contributed by atoms with Gasteiger partial charge in [0.1, 0.15) is 0 Å². The molecule has 1 amide bonds. The molecule has 0 fully saturated rings. The van der Waals surface area contributed by atoms with Crippen LogP contribution in [0, 0.1) is 12.3 Å². The fourth-order valence-electron chi connectivity index (χ4n) is 2.42. The van der Waals surface area contributed by atoms with E-state index in [1.807, 2.05) is 40.7 Å². The van der Waals surface area contributed by atoms with Crippen LogP contribution in [0.5, 0.6) is 0 Å². The number of benzene rings is 1. The van der Waals surface area contributed by atoms with Crippen molar-refractivity contribution >= 4 is 16.0 Å². The Kier molecular flexibility index (Phi) is 8.50. The van der Waals surface area contributed by atoms with Crippen molar-refractivity contribution in [3.63, 3.8) is 0 Å². The Balaban J connectivity index is 2.52. The quantitative estimate of drug-likeness (QED) is 0.455. The van der Waals surface area contributed by atoms with Gasteiger partial charge in [-0.3, -0.25) is 8.98 Å². The lowest BCUT2D eigenvalue weighted by atomic mass is 9.86. The summed E-state index contributed by atoms with van der Waals surface area (Å²) in [5.41, 5.74) is 0.833. The number of amides is 1. The molecule has 0 radical (unpaired) electrons. The van der Waals surface area contributed by atoms with Crippen molar-refractivity contribution in [2.45, 2.75) is 52.4 Å². The van der Waals surface area contributed by atoms with Gasteiger partial charge in [-0.15, -0.1) is 0 Å². The predicted octanol–water partition coefficient (Wildman–Crippen LogP) is 3.93. The van der Waals surface area contributed by atoms with E-state index >= 15 is 0 Å². The van der Waals surface area contributed by atoms with Crippen molar-refractivity contribution in [2.24, 2.45) is 5.41 Å². The van der Waals surface area contributed by atoms with Gasteiger partial charge < -0.3 is 4.90 Å². The van der Waals surface area contributed by atoms with E-state index in [1.165, 1.54) is 0 Å². The number of carbonyl (C=O) groups is 1. The minimum absolute atomic E-state index is 0.00370. The van der Waals surface area contributed by atoms with Crippen LogP contribution in [-0.4, -0.2) is 38.9 Å². The van der Waals surface area contributed by atoms with Gasteiger partial charge in [-0.2, -0.15) is 8.42 Å². The molecule has 1 rings (SSSR count). The summed E-state index contributed by atoms with van der Waals surface area (Å²) >= 11 is 0. The number of rotatable bonds is 10. The molecular formula is C20H31NO4S. The van der Waals surface area contributed by atoms with Crippen LogP contribution in [-0.2, 0) is 19.1 Å². The van der Waals surface area contributed by atoms with E-state index in [2.05, 4.69) is 0 Å². The van der Waals surface area contributed by atoms with Crippen molar-refractivity contribution in [3.05, 3.63) is 42.0 Å². The smallest absolute Gasteiger partial charge is 0.296 e. The molecule has 0 atom stereocenters. The van der Waals surface area contributed by atoms with Gasteiger partial charge in [-0.1, -0.05) is 37.6 Å². The zero-order valence-corrected chi connectivity index (χ0v) is 17.3. The number of aryl methyl sites for hydroxylation is 1. The molecule has 5 nitrogen and oxygen atoms in total. The summed E-state index contributed by atoms with van der Waals surface area (Å²) in [5, 5.41) is 0. The zero-order valence-electron chi connectivity index (χ0n) is 16.5. The van der Waals surface area contributed by atoms with Crippen molar-refractivity contribution in [1.82, 2.24) is 4.90 Å². The molecule has 6 heteroatoms. The topological polar surface area (TPSA) is 63.7 Å². The Morgan fingerprint density at radius 1 is 1.15 bits per heavy atom. The summed E-state index contributed by atoms with van der Waals surface area (Å²) in [6.45, 7) is 11.3. The SMILES string of the molecule is CCN(CC)C(=O)/C=C/CC(C)(C)CCOS(=O)(=O)c1ccc(C)cc1. The van der Waals surface area contributed by atoms with E-state index in [0.29, 0.717) is 25.9 Å². The summed E-state index contributed by atoms with van der Waals surface area (Å²) in [5.74, 6) is 0.00370. The molecule has 0 N–H and O–H groups in total. The second-order valence-corrected chi connectivity index (χ2v) is 8.74. The fourth-order valence-corrected chi connectivity index (χ4v) is 3.33. The normalized spacial score (nSPS) is 12.5. The van der Waals surface area contributed by atoms with Gasteiger partial charge in [-0.25, -0.2) is 0 Å². The van der Waals surface area contributed by atoms with Crippen molar-refractivity contribution in [3.8, 4) is 0 Å². The Morgan fingerprint density at radius 2 is 1.73 bits per heavy atom. The number of carbonyl (C=O) groups excluding carboxylic acids is 1. The molecule has 0 bridgehead atoms. The maximum atomic E-state index is 12.2. The third-order valence-corrected chi connectivity index (χ3v) is 5.66. The van der Waals surface area contributed by atoms with E-state index in [1.54, 1.807) is 35.2 Å². The van der Waals surface area contributed by atoms with Gasteiger partial charge in [0.05, 0.1) is 11.5 Å². The van der Waals surface area contributed by atoms with Gasteiger partial charge in [0.25, 0.3) is 10.1 Å². The molecule has 146 valence electrons. The van der Waals surface area contributed by atoms with Gasteiger partial charge in [0.2, 0.25) is 5.91 Å². The van der Waals surface area contributed by atoms with Crippen LogP contribution in [0.15, 0.2) is 41.3 Å². The Bertz CT molecular complexity index is 702. The molecule has 0 aliphatic heterocycles. The number of hydrogen-bond acceptors (Lipinski definition) is 4. The van der Waals surface area contributed by atoms with E-state index in [9.17, 15) is 13.2 Å². The summed E-state index contributed by atoms with van der Waals surface area (Å²) < 4.78 is 29.5. The summed E-state index contributed by atoms with van der Waals surface area (Å²) in [4.78, 5) is 13.9. The average Bonchev–Trinajstić information content (AvgIpc) is 2.55. The fraction of sp³-hybridized carbons (Fsp3) is 0.550. The van der Waals surface area contributed by atoms with Crippen LogP contribution >= 0.6 is 0 Å². The molecule has 0 aliphatic carbocycles. The van der Waals surface area contributed by atoms with Gasteiger partial charge in [0.15, 0.2) is 0 Å². The third kappa shape index (κ3) is 7.30. The second-order valence-electron chi connectivity index (χ2n) is 7.12. The third-order valence-electron chi connectivity index (χ3n) is 4.33. The zero-order chi connectivity index (χ0) is 19.8. The number of likely N-dealkylation sites (N-methyl/N-ethyl adjacent to an activating group) is 1. The second kappa shape index (κ2) is 9.88. The first kappa shape index (κ1) is 22.4. The number of allylic oxidation sites excluding steroid dienone is 1. The Hall–Kier alpha value is -1.66. The number of nitrogens with zero attached hydrogens (tertiary/aromatic N) is 1. The minimum Gasteiger partial charge on any atom is -0.340 e. The molecule has 0 heterocycles. The predicted molar refractivity (Wildman–Crippen MR) is 104 cm³/mol. The van der Waals surface area contributed by atoms with Crippen molar-refractivity contribution in [1.29, 1.82) is 0 Å². The van der Waals surface area contributed by atoms with Crippen LogP contribution in [0.4, 0.5) is 0 Å². The molecule has 0 spiro atoms. The number of hydrogen-bond donors (Lipinski definition) is 0. The van der Waals surface area contributed by atoms with Gasteiger partial charge >= 0.3 is 0 Å². The molecule has 0 saturated carbocycles. The lowest BCUT2D eigenvalue weighted by Crippen LogP contribution is -2.28. The van der Waals surface area contributed by atoms with E-state index < -0.39 is 10.1 Å². The molecule has 1 aromatic rings. The average molecular weight is 382 g/mol. The van der Waals surface area contributed by atoms with Crippen LogP contribution in [0.1, 0.15) is 46.1 Å². The maximum Gasteiger partial charge on any atom is 0.296 e. The van der Waals surface area contributed by atoms with Gasteiger partial charge in [-0.05, 0) is 57.2 Å². The van der Waals surface area contributed by atoms with Crippen LogP contribution in [0.3, 0.4) is 0 Å². The Morgan fingerprint density at radius 3 is 2.27 bits per heavy atom. The van der Waals surface area contributed by atoms with Crippen LogP contribution in [0.2, 0.25) is 0 Å². The molecule has 1 aromatic carbocycles. The molecular weight excluding hydrogens is 350 g/mol. The molecule has 0 unspecified atom stereocenters. The molecule has 0 saturated heterocycles. The largest absolute Gasteiger partial charge is 0.340 e. The first-order valence-corrected chi connectivity index (χ1v) is 10.4. The Labute approximate surface area is 158 Å². The summed E-state index contributed by atoms with van der Waals surface area (Å²) in [6.07, 6.45) is 4.70. The van der Waals surface area contributed by atoms with Crippen LogP contribution in [0.25, 0.3) is 0 Å². The van der Waals surface area contributed by atoms with E-state index in [-0.39, 0.29) is 22.8 Å². The highest BCUT2D eigenvalue weighted by Crippen LogP contribution is 2.26. The molecule has 0 aliphatic rings. The maximum absolute atomic E-state index is 12.2. The van der Waals surface area contributed by atoms with Crippen LogP contribution < -0.4 is 0 Å². The minimum atomic E-state index is -3.73. The highest BCUT2D eigenvalue weighted by atomic mass is 32.2. The summed E-state index contributed by atoms with van der Waals surface area (Å²) in [6, 6.07) is 6.60. The first-order chi connectivity index (χ1) is 12.1. The standard InChI is InChI=1S/C20H31NO4S/c1-6-21(7-2)19(22)9-8-14-20(4,5)15-16-25-26(23,24)18-12-10-17(3)11-13-18/h8-13H,6-7,14-16H2,1-5H3/b9-8+. The lowest BCUT2D eigenvalue weighted by Gasteiger charge is -2.23. The van der Waals surface area contributed by atoms with Crippen molar-refractivity contribution in [2.75, 3.05) is 19.7 Å². The molecule has 26 heavy (non-hydrogen) atoms. The summed E-state index contributed by atoms with van der Waals surface area (Å²) in [7, 11) is -3.73. The lowest BCUT2D eigenvalue weighted by molar-refractivity contribution is -0.125. The van der Waals surface area contributed by atoms with Gasteiger partial charge in [0, 0.05) is 13.1 Å². The molecule has 0 aromatic heterocycles. The van der Waals surface area contributed by atoms with Crippen molar-refractivity contribution < 1.29 is 17.4 Å². The monoisotopic (exact) mass is 381 g/mol. The highest BCUT2D eigenvalue weighted by molar-refractivity contribution is 7.86. The van der Waals surface area contributed by atoms with E-state index in [0.717, 1.165) is 5.56 Å². The first-order valence-electron chi connectivity index (χ1n) is 9.03.